The number of benzene rings is 1. The second kappa shape index (κ2) is 7.44. The fourth-order valence-corrected chi connectivity index (χ4v) is 2.77. The van der Waals surface area contributed by atoms with Gasteiger partial charge >= 0.3 is 0 Å². The number of carbonyl (C=O) groups is 1. The molecule has 1 N–H and O–H groups in total. The lowest BCUT2D eigenvalue weighted by Gasteiger charge is -2.31. The van der Waals surface area contributed by atoms with E-state index in [2.05, 4.69) is 31.2 Å². The molecule has 1 aromatic rings. The van der Waals surface area contributed by atoms with E-state index in [0.29, 0.717) is 18.9 Å². The normalized spacial score (nSPS) is 20.7. The molecule has 1 aliphatic heterocycles. The number of hydrogen-bond acceptors (Lipinski definition) is 2. The van der Waals surface area contributed by atoms with Crippen molar-refractivity contribution in [3.05, 3.63) is 35.9 Å². The molecule has 1 amide bonds. The van der Waals surface area contributed by atoms with Gasteiger partial charge in [-0.25, -0.2) is 0 Å². The fraction of sp³-hybridized carbons (Fsp3) is 0.588. The van der Waals surface area contributed by atoms with Crippen molar-refractivity contribution in [3.8, 4) is 0 Å². The Labute approximate surface area is 121 Å². The van der Waals surface area contributed by atoms with Crippen LogP contribution in [0.2, 0.25) is 0 Å². The molecule has 0 radical (unpaired) electrons. The maximum absolute atomic E-state index is 12.2. The highest BCUT2D eigenvalue weighted by atomic mass is 16.3. The Bertz CT molecular complexity index is 418. The van der Waals surface area contributed by atoms with Gasteiger partial charge < -0.3 is 10.0 Å². The van der Waals surface area contributed by atoms with E-state index in [-0.39, 0.29) is 12.0 Å². The molecule has 3 nitrogen and oxygen atoms in total. The van der Waals surface area contributed by atoms with E-state index in [0.717, 1.165) is 32.2 Å². The summed E-state index contributed by atoms with van der Waals surface area (Å²) in [5, 5.41) is 9.62. The van der Waals surface area contributed by atoms with Crippen LogP contribution in [-0.2, 0) is 11.2 Å². The number of piperidine rings is 1. The van der Waals surface area contributed by atoms with E-state index in [1.165, 1.54) is 5.56 Å². The average molecular weight is 275 g/mol. The fourth-order valence-electron chi connectivity index (χ4n) is 2.77. The molecule has 110 valence electrons. The largest absolute Gasteiger partial charge is 0.391 e. The van der Waals surface area contributed by atoms with E-state index < -0.39 is 0 Å². The van der Waals surface area contributed by atoms with Crippen LogP contribution in [0.4, 0.5) is 0 Å². The zero-order chi connectivity index (χ0) is 14.4. The van der Waals surface area contributed by atoms with Gasteiger partial charge in [0.25, 0.3) is 0 Å². The molecule has 1 aliphatic rings. The van der Waals surface area contributed by atoms with Gasteiger partial charge in [0.15, 0.2) is 0 Å². The summed E-state index contributed by atoms with van der Waals surface area (Å²) in [4.78, 5) is 14.0. The molecule has 20 heavy (non-hydrogen) atoms. The number of β-amino-alcohol motifs (C(OH)–C–C–N with tert-alkyl or cyclic N) is 1. The molecule has 2 unspecified atom stereocenters. The Morgan fingerprint density at radius 2 is 2.15 bits per heavy atom. The molecular weight excluding hydrogens is 250 g/mol. The summed E-state index contributed by atoms with van der Waals surface area (Å²) in [6.07, 6.45) is 4.08. The number of aryl methyl sites for hydroxylation is 1. The topological polar surface area (TPSA) is 40.5 Å². The number of rotatable bonds is 5. The van der Waals surface area contributed by atoms with Crippen molar-refractivity contribution in [2.45, 2.75) is 45.1 Å². The van der Waals surface area contributed by atoms with Crippen molar-refractivity contribution < 1.29 is 9.90 Å². The zero-order valence-electron chi connectivity index (χ0n) is 12.3. The first kappa shape index (κ1) is 15.0. The molecule has 2 rings (SSSR count). The third-order valence-electron chi connectivity index (χ3n) is 4.04. The van der Waals surface area contributed by atoms with Crippen LogP contribution >= 0.6 is 0 Å². The molecule has 2 atom stereocenters. The second-order valence-corrected chi connectivity index (χ2v) is 5.97. The van der Waals surface area contributed by atoms with Gasteiger partial charge in [-0.1, -0.05) is 37.3 Å². The van der Waals surface area contributed by atoms with Gasteiger partial charge in [-0.15, -0.1) is 0 Å². The van der Waals surface area contributed by atoms with Crippen molar-refractivity contribution >= 4 is 5.91 Å². The summed E-state index contributed by atoms with van der Waals surface area (Å²) >= 11 is 0. The Balaban J connectivity index is 1.73. The number of amides is 1. The van der Waals surface area contributed by atoms with Gasteiger partial charge in [-0.2, -0.15) is 0 Å². The van der Waals surface area contributed by atoms with E-state index in [9.17, 15) is 9.90 Å². The molecule has 1 fully saturated rings. The highest BCUT2D eigenvalue weighted by molar-refractivity contribution is 5.76. The predicted molar refractivity (Wildman–Crippen MR) is 80.4 cm³/mol. The molecule has 1 heterocycles. The first-order chi connectivity index (χ1) is 9.65. The lowest BCUT2D eigenvalue weighted by atomic mass is 9.97. The predicted octanol–water partition coefficient (Wildman–Crippen LogP) is 2.63. The molecular formula is C17H25NO2. The summed E-state index contributed by atoms with van der Waals surface area (Å²) in [6, 6.07) is 10.4. The van der Waals surface area contributed by atoms with Crippen molar-refractivity contribution in [1.82, 2.24) is 4.90 Å². The van der Waals surface area contributed by atoms with Crippen molar-refractivity contribution in [2.24, 2.45) is 5.92 Å². The Morgan fingerprint density at radius 1 is 1.40 bits per heavy atom. The van der Waals surface area contributed by atoms with Gasteiger partial charge in [-0.05, 0) is 37.2 Å². The molecule has 0 spiro atoms. The summed E-state index contributed by atoms with van der Waals surface area (Å²) < 4.78 is 0. The summed E-state index contributed by atoms with van der Waals surface area (Å²) in [5.41, 5.74) is 1.33. The van der Waals surface area contributed by atoms with Crippen LogP contribution in [-0.4, -0.2) is 35.1 Å². The number of nitrogens with zero attached hydrogens (tertiary/aromatic N) is 1. The maximum Gasteiger partial charge on any atom is 0.222 e. The Morgan fingerprint density at radius 3 is 2.85 bits per heavy atom. The first-order valence-corrected chi connectivity index (χ1v) is 7.65. The number of carbonyl (C=O) groups excluding carboxylic acids is 1. The van der Waals surface area contributed by atoms with Gasteiger partial charge in [0.05, 0.1) is 6.10 Å². The minimum Gasteiger partial charge on any atom is -0.391 e. The number of aliphatic hydroxyl groups is 1. The first-order valence-electron chi connectivity index (χ1n) is 7.65. The summed E-state index contributed by atoms with van der Waals surface area (Å²) in [5.74, 6) is 0.589. The Hall–Kier alpha value is -1.35. The molecule has 0 saturated carbocycles. The molecule has 1 saturated heterocycles. The minimum absolute atomic E-state index is 0.198. The SMILES string of the molecule is CC(CCc1ccccc1)CC(=O)N1CCCC(O)C1. The van der Waals surface area contributed by atoms with Crippen LogP contribution in [0.3, 0.4) is 0 Å². The third-order valence-corrected chi connectivity index (χ3v) is 4.04. The van der Waals surface area contributed by atoms with Crippen LogP contribution in [0.5, 0.6) is 0 Å². The van der Waals surface area contributed by atoms with Crippen molar-refractivity contribution in [3.63, 3.8) is 0 Å². The smallest absolute Gasteiger partial charge is 0.222 e. The molecule has 0 aliphatic carbocycles. The van der Waals surface area contributed by atoms with E-state index in [1.54, 1.807) is 0 Å². The summed E-state index contributed by atoms with van der Waals surface area (Å²) in [6.45, 7) is 3.47. The van der Waals surface area contributed by atoms with Crippen LogP contribution in [0.25, 0.3) is 0 Å². The van der Waals surface area contributed by atoms with Gasteiger partial charge in [0.2, 0.25) is 5.91 Å². The maximum atomic E-state index is 12.2. The monoisotopic (exact) mass is 275 g/mol. The molecule has 1 aromatic carbocycles. The molecule has 0 aromatic heterocycles. The van der Waals surface area contributed by atoms with Crippen LogP contribution in [0, 0.1) is 5.92 Å². The number of likely N-dealkylation sites (tertiary alicyclic amines) is 1. The van der Waals surface area contributed by atoms with E-state index in [4.69, 9.17) is 0 Å². The Kier molecular flexibility index (Phi) is 5.60. The quantitative estimate of drug-likeness (QED) is 0.897. The molecule has 3 heteroatoms. The third kappa shape index (κ3) is 4.64. The van der Waals surface area contributed by atoms with Crippen molar-refractivity contribution in [2.75, 3.05) is 13.1 Å². The minimum atomic E-state index is -0.327. The van der Waals surface area contributed by atoms with Gasteiger partial charge in [0.1, 0.15) is 0 Å². The van der Waals surface area contributed by atoms with Crippen LogP contribution in [0.1, 0.15) is 38.2 Å². The lowest BCUT2D eigenvalue weighted by molar-refractivity contribution is -0.135. The van der Waals surface area contributed by atoms with E-state index >= 15 is 0 Å². The van der Waals surface area contributed by atoms with Gasteiger partial charge in [0, 0.05) is 19.5 Å². The zero-order valence-corrected chi connectivity index (χ0v) is 12.3. The highest BCUT2D eigenvalue weighted by Crippen LogP contribution is 2.17. The van der Waals surface area contributed by atoms with Crippen LogP contribution in [0.15, 0.2) is 30.3 Å². The number of aliphatic hydroxyl groups excluding tert-OH is 1. The van der Waals surface area contributed by atoms with Crippen LogP contribution < -0.4 is 0 Å². The molecule has 0 bridgehead atoms. The second-order valence-electron chi connectivity index (χ2n) is 5.97. The summed E-state index contributed by atoms with van der Waals surface area (Å²) in [7, 11) is 0. The standard InChI is InChI=1S/C17H25NO2/c1-14(9-10-15-6-3-2-4-7-15)12-17(20)18-11-5-8-16(19)13-18/h2-4,6-7,14,16,19H,5,8-13H2,1H3. The van der Waals surface area contributed by atoms with Gasteiger partial charge in [-0.3, -0.25) is 4.79 Å². The number of hydrogen-bond donors (Lipinski definition) is 1. The lowest BCUT2D eigenvalue weighted by Crippen LogP contribution is -2.42. The van der Waals surface area contributed by atoms with E-state index in [1.807, 2.05) is 11.0 Å². The van der Waals surface area contributed by atoms with Crippen molar-refractivity contribution in [1.29, 1.82) is 0 Å². The highest BCUT2D eigenvalue weighted by Gasteiger charge is 2.22. The average Bonchev–Trinajstić information content (AvgIpc) is 2.46.